The van der Waals surface area contributed by atoms with Gasteiger partial charge in [-0.25, -0.2) is 4.79 Å². The number of benzene rings is 1. The number of allylic oxidation sites excluding steroid dienone is 6. The lowest BCUT2D eigenvalue weighted by Gasteiger charge is -2.76. The summed E-state index contributed by atoms with van der Waals surface area (Å²) in [7, 11) is 0. The minimum Gasteiger partial charge on any atom is -0.508 e. The van der Waals surface area contributed by atoms with Crippen LogP contribution in [0.5, 0.6) is 0 Å². The van der Waals surface area contributed by atoms with Gasteiger partial charge in [-0.15, -0.1) is 0 Å². The van der Waals surface area contributed by atoms with E-state index >= 15 is 9.59 Å². The number of carbonyl (C=O) groups is 2. The van der Waals surface area contributed by atoms with Gasteiger partial charge >= 0.3 is 11.9 Å². The van der Waals surface area contributed by atoms with Gasteiger partial charge in [0.05, 0.1) is 11.0 Å². The fourth-order valence-corrected chi connectivity index (χ4v) is 23.5. The van der Waals surface area contributed by atoms with Crippen LogP contribution in [0.15, 0.2) is 75.9 Å². The molecule has 17 atom stereocenters. The van der Waals surface area contributed by atoms with Crippen LogP contribution in [0.3, 0.4) is 0 Å². The van der Waals surface area contributed by atoms with E-state index in [9.17, 15) is 5.11 Å². The van der Waals surface area contributed by atoms with Gasteiger partial charge in [0.1, 0.15) is 11.2 Å². The highest BCUT2D eigenvalue weighted by molar-refractivity contribution is 6.00. The molecule has 3 N–H and O–H groups in total. The molecule has 0 unspecified atom stereocenters. The number of hydrogen-bond donors (Lipinski definition) is 2. The van der Waals surface area contributed by atoms with Gasteiger partial charge in [-0.3, -0.25) is 9.69 Å². The molecule has 1 aromatic carbocycles. The summed E-state index contributed by atoms with van der Waals surface area (Å²) in [6, 6.07) is 7.71. The minimum atomic E-state index is -1.14. The molecule has 0 aromatic heterocycles. The van der Waals surface area contributed by atoms with Crippen molar-refractivity contribution in [1.82, 2.24) is 9.80 Å². The second kappa shape index (κ2) is 13.3. The molecule has 17 rings (SSSR count). The number of esters is 2. The fraction of sp³-hybridized carbons (Fsp3) is 0.705. The summed E-state index contributed by atoms with van der Waals surface area (Å²) in [6.07, 6.45) is 31.4. The largest absolute Gasteiger partial charge is 0.508 e. The van der Waals surface area contributed by atoms with Gasteiger partial charge in [0.2, 0.25) is 0 Å². The number of carbonyl (C=O) groups excluding carboxylic acids is 2. The molecular formula is C61H73N3O5. The van der Waals surface area contributed by atoms with Crippen LogP contribution in [0.1, 0.15) is 157 Å². The van der Waals surface area contributed by atoms with E-state index < -0.39 is 16.4 Å². The number of fused-ring (bicyclic) bond motifs is 8. The number of ether oxygens (including phenoxy) is 2. The monoisotopic (exact) mass is 928 g/mol. The molecule has 362 valence electrons. The molecule has 8 fully saturated rings. The summed E-state index contributed by atoms with van der Waals surface area (Å²) in [5.41, 5.74) is 14.1. The van der Waals surface area contributed by atoms with Crippen molar-refractivity contribution < 1.29 is 24.2 Å². The third kappa shape index (κ3) is 4.37. The van der Waals surface area contributed by atoms with Crippen molar-refractivity contribution in [2.24, 2.45) is 86.6 Å². The highest BCUT2D eigenvalue weighted by Crippen LogP contribution is 2.90. The van der Waals surface area contributed by atoms with Crippen molar-refractivity contribution in [2.45, 2.75) is 165 Å². The average molecular weight is 928 g/mol. The Morgan fingerprint density at radius 1 is 0.928 bits per heavy atom. The van der Waals surface area contributed by atoms with Gasteiger partial charge in [0, 0.05) is 66.1 Å². The Bertz CT molecular complexity index is 2740. The van der Waals surface area contributed by atoms with Crippen molar-refractivity contribution in [1.29, 1.82) is 0 Å². The zero-order valence-electron chi connectivity index (χ0n) is 41.0. The van der Waals surface area contributed by atoms with E-state index in [0.29, 0.717) is 89.5 Å². The van der Waals surface area contributed by atoms with Crippen molar-refractivity contribution >= 4 is 11.9 Å². The predicted molar refractivity (Wildman–Crippen MR) is 261 cm³/mol. The first-order valence-corrected chi connectivity index (χ1v) is 28.8. The molecule has 7 aliphatic heterocycles. The third-order valence-electron chi connectivity index (χ3n) is 25.1. The van der Waals surface area contributed by atoms with Crippen molar-refractivity contribution in [2.75, 3.05) is 19.6 Å². The first kappa shape index (κ1) is 40.9. The maximum Gasteiger partial charge on any atom is 0.339 e. The van der Waals surface area contributed by atoms with Gasteiger partial charge in [0.15, 0.2) is 11.4 Å². The summed E-state index contributed by atoms with van der Waals surface area (Å²) in [5.74, 6) is 3.28. The fourth-order valence-electron chi connectivity index (χ4n) is 23.5. The summed E-state index contributed by atoms with van der Waals surface area (Å²) in [6.45, 7) is 5.22. The molecule has 0 radical (unpaired) electrons. The number of nitrogens with two attached hydrogens (primary N) is 1. The van der Waals surface area contributed by atoms with Gasteiger partial charge in [0.25, 0.3) is 0 Å². The molecule has 1 aromatic rings. The number of piperidine rings is 3. The number of aliphatic hydroxyl groups excluding tert-OH is 1. The maximum absolute atomic E-state index is 16.6. The Morgan fingerprint density at radius 3 is 2.70 bits per heavy atom. The molecule has 16 aliphatic rings. The Kier molecular flexibility index (Phi) is 7.89. The topological polar surface area (TPSA) is 105 Å². The summed E-state index contributed by atoms with van der Waals surface area (Å²) in [4.78, 5) is 38.0. The molecule has 9 bridgehead atoms. The van der Waals surface area contributed by atoms with Crippen molar-refractivity contribution in [3.05, 3.63) is 92.6 Å². The highest BCUT2D eigenvalue weighted by atomic mass is 16.6. The van der Waals surface area contributed by atoms with Gasteiger partial charge in [-0.2, -0.15) is 0 Å². The first-order chi connectivity index (χ1) is 33.7. The Hall–Kier alpha value is -3.62. The van der Waals surface area contributed by atoms with E-state index in [2.05, 4.69) is 53.2 Å². The Balaban J connectivity index is 0.985. The Labute approximate surface area is 408 Å². The van der Waals surface area contributed by atoms with Crippen LogP contribution < -0.4 is 5.73 Å². The lowest BCUT2D eigenvalue weighted by atomic mass is 9.25. The van der Waals surface area contributed by atoms with Crippen LogP contribution in [0.25, 0.3) is 0 Å². The summed E-state index contributed by atoms with van der Waals surface area (Å²) < 4.78 is 14.7. The number of aryl methyl sites for hydroxylation is 1. The quantitative estimate of drug-likeness (QED) is 0.227. The average Bonchev–Trinajstić information content (AvgIpc) is 4.13. The highest BCUT2D eigenvalue weighted by Gasteiger charge is 2.94. The molecule has 69 heavy (non-hydrogen) atoms. The molecule has 0 amide bonds. The summed E-state index contributed by atoms with van der Waals surface area (Å²) >= 11 is 0. The van der Waals surface area contributed by atoms with E-state index in [4.69, 9.17) is 15.2 Å². The van der Waals surface area contributed by atoms with E-state index in [-0.39, 0.29) is 47.1 Å². The third-order valence-corrected chi connectivity index (χ3v) is 25.1. The van der Waals surface area contributed by atoms with Crippen LogP contribution in [-0.2, 0) is 26.3 Å². The molecule has 8 heteroatoms. The van der Waals surface area contributed by atoms with Crippen LogP contribution in [0.4, 0.5) is 0 Å². The van der Waals surface area contributed by atoms with E-state index in [1.807, 2.05) is 0 Å². The number of aliphatic hydroxyl groups is 1. The Morgan fingerprint density at radius 2 is 1.81 bits per heavy atom. The first-order valence-electron chi connectivity index (χ1n) is 28.8. The van der Waals surface area contributed by atoms with Crippen LogP contribution in [0, 0.1) is 80.8 Å². The molecule has 7 heterocycles. The maximum atomic E-state index is 16.6. The number of rotatable bonds is 4. The zero-order valence-corrected chi connectivity index (χ0v) is 41.0. The molecular weight excluding hydrogens is 855 g/mol. The van der Waals surface area contributed by atoms with E-state index in [1.54, 1.807) is 22.4 Å². The van der Waals surface area contributed by atoms with Crippen molar-refractivity contribution in [3.8, 4) is 0 Å². The smallest absolute Gasteiger partial charge is 0.339 e. The number of hydrogen-bond acceptors (Lipinski definition) is 8. The van der Waals surface area contributed by atoms with Gasteiger partial charge < -0.3 is 25.2 Å². The standard InChI is InChI=1S/C61H73N3O5/c1-32-25-34-17-22-58-39-9-5-10-42(58)47(34)49-40-18-23-59-54(68-56(67)60(49,59)46(26-32)61(59)43-11-4-7-33(8-6-24-62)48(43)55(66)69-61)53(65)41-13-15-45-38-27-37(44-14-12-35(28-39)52(50(40)58)64(44)31-38)30-63(45)51(41)36-16-21-57(29-36)19-2-3-20-57/h4-5,7,10-11,25,32,36-39,41-42,44-47,50-51,65H,2-3,6,8-9,12-24,26-31,62H2,1H3/b34-25-,54-53+/t32-,36-,37+,38+,39+,41-,42+,44+,45-,46+,47-,50-,51-,58-,59-,60-,61-/m1/s1. The van der Waals surface area contributed by atoms with Crippen LogP contribution in [0.2, 0.25) is 0 Å². The van der Waals surface area contributed by atoms with E-state index in [1.165, 1.54) is 89.2 Å². The molecule has 4 saturated carbocycles. The number of nitrogens with zero attached hydrogens (tertiary/aromatic N) is 2. The summed E-state index contributed by atoms with van der Waals surface area (Å²) in [5, 5.41) is 14.1. The van der Waals surface area contributed by atoms with Gasteiger partial charge in [-0.05, 0) is 186 Å². The van der Waals surface area contributed by atoms with Gasteiger partial charge in [-0.1, -0.05) is 72.9 Å². The van der Waals surface area contributed by atoms with E-state index in [0.717, 1.165) is 62.6 Å². The second-order valence-corrected chi connectivity index (χ2v) is 26.9. The molecule has 5 spiro atoms. The SMILES string of the molecule is C[C@@H]1/C=C2/CC[C@@]34[C@H]5CC=C[C@H]3[C@@H]2C2=C3CC[C@@]67/C(=C(\O)[C@@H]8CC[C@@H]9[C@H]%10C[C@@H](CN9[C@@H]8[C@@H]8CCC9(CCCC9)C8)[C@@H]8CCC(=C([C@@H]34)N8C%10)C5)OC(=O)[C@@]26[C@H](C1)[C@@]71OC(=O)c2c(CCCN)cccc21. The second-order valence-electron chi connectivity index (χ2n) is 26.9. The van der Waals surface area contributed by atoms with Crippen molar-refractivity contribution in [3.63, 3.8) is 0 Å². The molecule has 8 nitrogen and oxygen atoms in total. The minimum absolute atomic E-state index is 0.114. The molecule has 9 aliphatic carbocycles. The predicted octanol–water partition coefficient (Wildman–Crippen LogP) is 10.7. The molecule has 4 saturated heterocycles. The lowest BCUT2D eigenvalue weighted by Crippen LogP contribution is -2.79. The lowest BCUT2D eigenvalue weighted by molar-refractivity contribution is -0.284. The zero-order chi connectivity index (χ0) is 45.7. The van der Waals surface area contributed by atoms with Crippen LogP contribution in [-0.4, -0.2) is 64.6 Å². The van der Waals surface area contributed by atoms with Crippen LogP contribution >= 0.6 is 0 Å². The normalized spacial score (nSPS) is 51.0.